The molecule has 4 saturated heterocycles. The van der Waals surface area contributed by atoms with E-state index in [9.17, 15) is 24.6 Å². The number of carbonyl (C=O) groups is 3. The molecule has 0 aromatic heterocycles. The third-order valence-electron chi connectivity index (χ3n) is 8.32. The molecule has 2 amide bonds. The molecule has 2 bridgehead atoms. The van der Waals surface area contributed by atoms with Gasteiger partial charge >= 0.3 is 5.97 Å². The number of morpholine rings is 1. The minimum atomic E-state index is -1.18. The van der Waals surface area contributed by atoms with Crippen LogP contribution in [0.4, 0.5) is 0 Å². The van der Waals surface area contributed by atoms with E-state index in [4.69, 9.17) is 9.47 Å². The van der Waals surface area contributed by atoms with Gasteiger partial charge in [0.15, 0.2) is 0 Å². The molecule has 0 radical (unpaired) electrons. The van der Waals surface area contributed by atoms with Crippen LogP contribution in [0, 0.1) is 17.8 Å². The van der Waals surface area contributed by atoms with Crippen LogP contribution in [0.25, 0.3) is 0 Å². The predicted octanol–water partition coefficient (Wildman–Crippen LogP) is -0.189. The maximum atomic E-state index is 14.1. The summed E-state index contributed by atoms with van der Waals surface area (Å²) in [5.74, 6) is -3.72. The number of ether oxygens (including phenoxy) is 2. The second-order valence-corrected chi connectivity index (χ2v) is 10.2. The summed E-state index contributed by atoms with van der Waals surface area (Å²) < 4.78 is 11.9. The van der Waals surface area contributed by atoms with E-state index >= 15 is 0 Å². The highest BCUT2D eigenvalue weighted by Gasteiger charge is 2.80. The van der Waals surface area contributed by atoms with E-state index in [2.05, 4.69) is 11.5 Å². The molecule has 0 aromatic carbocycles. The van der Waals surface area contributed by atoms with Crippen LogP contribution in [0.1, 0.15) is 26.7 Å². The number of amides is 2. The number of carboxylic acid groups (broad SMARTS) is 1. The van der Waals surface area contributed by atoms with Crippen molar-refractivity contribution < 1.29 is 34.1 Å². The van der Waals surface area contributed by atoms with Crippen molar-refractivity contribution in [3.8, 4) is 0 Å². The van der Waals surface area contributed by atoms with E-state index in [1.54, 1.807) is 17.9 Å². The first kappa shape index (κ1) is 25.1. The fraction of sp³-hybridized carbons (Fsp3) is 0.792. The zero-order valence-electron chi connectivity index (χ0n) is 20.1. The summed E-state index contributed by atoms with van der Waals surface area (Å²) in [4.78, 5) is 45.4. The summed E-state index contributed by atoms with van der Waals surface area (Å²) >= 11 is 0. The molecule has 4 aliphatic rings. The third kappa shape index (κ3) is 3.84. The number of hydrogen-bond donors (Lipinski definition) is 2. The summed E-state index contributed by atoms with van der Waals surface area (Å²) in [6.07, 6.45) is 2.41. The molecular formula is C24H37N3O7. The predicted molar refractivity (Wildman–Crippen MR) is 122 cm³/mol. The van der Waals surface area contributed by atoms with Gasteiger partial charge in [-0.2, -0.15) is 0 Å². The highest BCUT2D eigenvalue weighted by molar-refractivity contribution is 5.98. The summed E-state index contributed by atoms with van der Waals surface area (Å²) in [6.45, 7) is 11.9. The maximum Gasteiger partial charge on any atom is 0.310 e. The van der Waals surface area contributed by atoms with Gasteiger partial charge in [0.25, 0.3) is 0 Å². The van der Waals surface area contributed by atoms with Crippen molar-refractivity contribution in [2.24, 2.45) is 17.8 Å². The Hall–Kier alpha value is -2.01. The van der Waals surface area contributed by atoms with Gasteiger partial charge in [0, 0.05) is 45.9 Å². The van der Waals surface area contributed by atoms with E-state index in [1.807, 2.05) is 6.92 Å². The van der Waals surface area contributed by atoms with Gasteiger partial charge in [0.1, 0.15) is 17.6 Å². The first-order valence-electron chi connectivity index (χ1n) is 12.3. The van der Waals surface area contributed by atoms with Gasteiger partial charge in [0.05, 0.1) is 24.7 Å². The highest BCUT2D eigenvalue weighted by atomic mass is 16.5. The maximum absolute atomic E-state index is 14.1. The molecule has 4 heterocycles. The van der Waals surface area contributed by atoms with Crippen molar-refractivity contribution in [3.05, 3.63) is 12.7 Å². The van der Waals surface area contributed by atoms with Crippen molar-refractivity contribution in [1.29, 1.82) is 0 Å². The van der Waals surface area contributed by atoms with Gasteiger partial charge in [-0.3, -0.25) is 19.3 Å². The van der Waals surface area contributed by atoms with E-state index in [-0.39, 0.29) is 30.9 Å². The number of hydrogen-bond acceptors (Lipinski definition) is 7. The highest BCUT2D eigenvalue weighted by Crippen LogP contribution is 2.65. The van der Waals surface area contributed by atoms with Gasteiger partial charge in [-0.1, -0.05) is 13.0 Å². The molecule has 10 nitrogen and oxygen atoms in total. The Morgan fingerprint density at radius 2 is 2.00 bits per heavy atom. The fourth-order valence-electron chi connectivity index (χ4n) is 6.58. The van der Waals surface area contributed by atoms with Crippen molar-refractivity contribution in [2.45, 2.75) is 43.9 Å². The average molecular weight is 480 g/mol. The molecule has 3 unspecified atom stereocenters. The molecule has 190 valence electrons. The van der Waals surface area contributed by atoms with Crippen LogP contribution in [0.5, 0.6) is 0 Å². The van der Waals surface area contributed by atoms with Gasteiger partial charge in [-0.25, -0.2) is 0 Å². The van der Waals surface area contributed by atoms with E-state index in [1.165, 1.54) is 4.90 Å². The zero-order chi connectivity index (χ0) is 24.7. The number of aliphatic hydroxyl groups is 1. The first-order valence-corrected chi connectivity index (χ1v) is 12.3. The minimum Gasteiger partial charge on any atom is -0.481 e. The third-order valence-corrected chi connectivity index (χ3v) is 8.32. The van der Waals surface area contributed by atoms with Crippen LogP contribution < -0.4 is 0 Å². The van der Waals surface area contributed by atoms with Crippen molar-refractivity contribution in [1.82, 2.24) is 14.7 Å². The smallest absolute Gasteiger partial charge is 0.310 e. The molecule has 6 atom stereocenters. The van der Waals surface area contributed by atoms with E-state index in [0.717, 1.165) is 13.1 Å². The zero-order valence-corrected chi connectivity index (χ0v) is 20.1. The number of carboxylic acids is 1. The summed E-state index contributed by atoms with van der Waals surface area (Å²) in [5, 5.41) is 19.5. The Balaban J connectivity index is 1.66. The Bertz CT molecular complexity index is 831. The van der Waals surface area contributed by atoms with Crippen LogP contribution in [0.15, 0.2) is 12.7 Å². The monoisotopic (exact) mass is 479 g/mol. The number of rotatable bonds is 10. The molecule has 10 heteroatoms. The fourth-order valence-corrected chi connectivity index (χ4v) is 6.58. The number of aliphatic carboxylic acids is 1. The van der Waals surface area contributed by atoms with E-state index < -0.39 is 35.0 Å². The summed E-state index contributed by atoms with van der Waals surface area (Å²) in [5.41, 5.74) is -2.19. The number of likely N-dealkylation sites (tertiary alicyclic amines) is 1. The second-order valence-electron chi connectivity index (χ2n) is 10.2. The normalized spacial score (nSPS) is 37.1. The van der Waals surface area contributed by atoms with Crippen LogP contribution in [0.2, 0.25) is 0 Å². The largest absolute Gasteiger partial charge is 0.481 e. The minimum absolute atomic E-state index is 0.119. The Labute approximate surface area is 200 Å². The molecular weight excluding hydrogens is 442 g/mol. The molecule has 4 fully saturated rings. The number of aliphatic hydroxyl groups excluding tert-OH is 1. The lowest BCUT2D eigenvalue weighted by Gasteiger charge is -2.38. The number of carbonyl (C=O) groups excluding carboxylic acids is 2. The Morgan fingerprint density at radius 3 is 2.62 bits per heavy atom. The lowest BCUT2D eigenvalue weighted by atomic mass is 9.62. The molecule has 2 N–H and O–H groups in total. The lowest BCUT2D eigenvalue weighted by Crippen LogP contribution is -2.57. The first-order chi connectivity index (χ1) is 16.2. The van der Waals surface area contributed by atoms with Crippen LogP contribution in [-0.2, 0) is 23.9 Å². The molecule has 34 heavy (non-hydrogen) atoms. The second kappa shape index (κ2) is 9.56. The SMILES string of the molecule is C=CCN(CCN1CCOCC1)C(=O)C1N(CCCO)C(=O)[C@@H]2[C@@H](C(=O)O)[C@]3(C)OC12CC3C. The molecule has 4 rings (SSSR count). The van der Waals surface area contributed by atoms with Crippen LogP contribution >= 0.6 is 0 Å². The average Bonchev–Trinajstić information content (AvgIpc) is 3.32. The topological polar surface area (TPSA) is 120 Å². The molecule has 4 aliphatic heterocycles. The molecule has 0 aromatic rings. The van der Waals surface area contributed by atoms with Gasteiger partial charge in [0.2, 0.25) is 11.8 Å². The van der Waals surface area contributed by atoms with Gasteiger partial charge < -0.3 is 29.5 Å². The standard InChI is InChI=1S/C24H37N3O7/c1-4-6-26(9-8-25-10-13-33-14-11-25)21(30)19-24-15-16(2)23(3,34-24)18(22(31)32)17(24)20(29)27(19)7-5-12-28/h4,16-19,28H,1,5-15H2,2-3H3,(H,31,32)/t16?,17-,18-,19?,23+,24?/m0/s1. The van der Waals surface area contributed by atoms with Gasteiger partial charge in [-0.15, -0.1) is 6.58 Å². The van der Waals surface area contributed by atoms with Crippen LogP contribution in [0.3, 0.4) is 0 Å². The molecule has 0 aliphatic carbocycles. The molecule has 1 spiro atoms. The Morgan fingerprint density at radius 1 is 1.29 bits per heavy atom. The Kier molecular flexibility index (Phi) is 7.06. The lowest BCUT2D eigenvalue weighted by molar-refractivity contribution is -0.158. The van der Waals surface area contributed by atoms with E-state index in [0.29, 0.717) is 45.7 Å². The van der Waals surface area contributed by atoms with Crippen molar-refractivity contribution in [3.63, 3.8) is 0 Å². The van der Waals surface area contributed by atoms with Gasteiger partial charge in [-0.05, 0) is 25.7 Å². The van der Waals surface area contributed by atoms with Crippen LogP contribution in [-0.4, -0.2) is 119 Å². The van der Waals surface area contributed by atoms with Crippen molar-refractivity contribution in [2.75, 3.05) is 59.1 Å². The number of fused-ring (bicyclic) bond motifs is 1. The number of nitrogens with zero attached hydrogens (tertiary/aromatic N) is 3. The quantitative estimate of drug-likeness (QED) is 0.414. The summed E-state index contributed by atoms with van der Waals surface area (Å²) in [7, 11) is 0. The summed E-state index contributed by atoms with van der Waals surface area (Å²) in [6, 6.07) is -0.921. The molecule has 0 saturated carbocycles. The van der Waals surface area contributed by atoms with Crippen molar-refractivity contribution >= 4 is 17.8 Å².